The van der Waals surface area contributed by atoms with Crippen LogP contribution < -0.4 is 0 Å². The van der Waals surface area contributed by atoms with Gasteiger partial charge in [0.05, 0.1) is 13.2 Å². The van der Waals surface area contributed by atoms with Gasteiger partial charge in [-0.25, -0.2) is 0 Å². The summed E-state index contributed by atoms with van der Waals surface area (Å²) < 4.78 is 11.3. The third kappa shape index (κ3) is 0.926. The molecule has 1 spiro atoms. The van der Waals surface area contributed by atoms with Crippen LogP contribution in [0.15, 0.2) is 0 Å². The zero-order valence-corrected chi connectivity index (χ0v) is 6.71. The Hall–Kier alpha value is -0.0800. The molecule has 1 aliphatic heterocycles. The van der Waals surface area contributed by atoms with Gasteiger partial charge in [0, 0.05) is 12.8 Å². The van der Waals surface area contributed by atoms with Crippen molar-refractivity contribution in [1.82, 2.24) is 0 Å². The second-order valence-corrected chi connectivity index (χ2v) is 4.11. The van der Waals surface area contributed by atoms with Crippen LogP contribution in [0, 0.1) is 11.8 Å². The molecule has 0 amide bonds. The summed E-state index contributed by atoms with van der Waals surface area (Å²) in [4.78, 5) is 0. The SMILES string of the molecule is C1COC2(CCC3CC3C2)O1. The summed E-state index contributed by atoms with van der Waals surface area (Å²) in [6.45, 7) is 1.63. The molecule has 3 fully saturated rings. The molecule has 0 radical (unpaired) electrons. The molecule has 2 heteroatoms. The van der Waals surface area contributed by atoms with E-state index in [-0.39, 0.29) is 5.79 Å². The quantitative estimate of drug-likeness (QED) is 0.527. The highest BCUT2D eigenvalue weighted by Crippen LogP contribution is 2.54. The first-order chi connectivity index (χ1) is 5.38. The molecule has 2 aliphatic carbocycles. The standard InChI is InChI=1S/C9H14O2/c1-2-9(10-3-4-11-9)6-8-5-7(1)8/h7-8H,1-6H2. The van der Waals surface area contributed by atoms with Crippen molar-refractivity contribution in [3.63, 3.8) is 0 Å². The van der Waals surface area contributed by atoms with E-state index in [0.717, 1.165) is 31.5 Å². The molecular weight excluding hydrogens is 140 g/mol. The van der Waals surface area contributed by atoms with Crippen molar-refractivity contribution in [3.05, 3.63) is 0 Å². The number of hydrogen-bond acceptors (Lipinski definition) is 2. The Morgan fingerprint density at radius 2 is 1.91 bits per heavy atom. The van der Waals surface area contributed by atoms with Crippen LogP contribution >= 0.6 is 0 Å². The Morgan fingerprint density at radius 3 is 2.64 bits per heavy atom. The van der Waals surface area contributed by atoms with Crippen molar-refractivity contribution < 1.29 is 9.47 Å². The minimum atomic E-state index is -0.113. The largest absolute Gasteiger partial charge is 0.348 e. The molecular formula is C9H14O2. The molecule has 3 rings (SSSR count). The predicted octanol–water partition coefficient (Wildman–Crippen LogP) is 1.55. The van der Waals surface area contributed by atoms with Gasteiger partial charge < -0.3 is 9.47 Å². The van der Waals surface area contributed by atoms with E-state index < -0.39 is 0 Å². The molecule has 11 heavy (non-hydrogen) atoms. The molecule has 1 saturated heterocycles. The zero-order valence-electron chi connectivity index (χ0n) is 6.71. The highest BCUT2D eigenvalue weighted by atomic mass is 16.7. The van der Waals surface area contributed by atoms with Crippen molar-refractivity contribution in [2.24, 2.45) is 11.8 Å². The normalized spacial score (nSPS) is 45.8. The lowest BCUT2D eigenvalue weighted by molar-refractivity contribution is -0.178. The summed E-state index contributed by atoms with van der Waals surface area (Å²) in [5.74, 6) is 1.87. The highest BCUT2D eigenvalue weighted by Gasteiger charge is 2.51. The van der Waals surface area contributed by atoms with Crippen LogP contribution in [0.3, 0.4) is 0 Å². The van der Waals surface area contributed by atoms with Gasteiger partial charge in [-0.1, -0.05) is 0 Å². The summed E-state index contributed by atoms with van der Waals surface area (Å²) >= 11 is 0. The van der Waals surface area contributed by atoms with Crippen LogP contribution in [0.1, 0.15) is 25.7 Å². The lowest BCUT2D eigenvalue weighted by atomic mass is 9.94. The molecule has 2 unspecified atom stereocenters. The summed E-state index contributed by atoms with van der Waals surface area (Å²) in [7, 11) is 0. The van der Waals surface area contributed by atoms with Crippen LogP contribution in [0.4, 0.5) is 0 Å². The van der Waals surface area contributed by atoms with Crippen molar-refractivity contribution in [2.75, 3.05) is 13.2 Å². The van der Waals surface area contributed by atoms with Crippen LogP contribution in [0.5, 0.6) is 0 Å². The Labute approximate surface area is 66.9 Å². The molecule has 0 N–H and O–H groups in total. The average molecular weight is 154 g/mol. The molecule has 2 nitrogen and oxygen atoms in total. The summed E-state index contributed by atoms with van der Waals surface area (Å²) in [5, 5.41) is 0. The first kappa shape index (κ1) is 6.44. The van der Waals surface area contributed by atoms with E-state index in [4.69, 9.17) is 9.47 Å². The van der Waals surface area contributed by atoms with Crippen LogP contribution in [-0.4, -0.2) is 19.0 Å². The first-order valence-electron chi connectivity index (χ1n) is 4.66. The summed E-state index contributed by atoms with van der Waals surface area (Å²) in [6, 6.07) is 0. The third-order valence-corrected chi connectivity index (χ3v) is 3.35. The van der Waals surface area contributed by atoms with Gasteiger partial charge in [0.1, 0.15) is 0 Å². The second kappa shape index (κ2) is 1.99. The molecule has 62 valence electrons. The van der Waals surface area contributed by atoms with Gasteiger partial charge in [-0.05, 0) is 24.7 Å². The van der Waals surface area contributed by atoms with Crippen LogP contribution in [-0.2, 0) is 9.47 Å². The molecule has 0 bridgehead atoms. The number of hydrogen-bond donors (Lipinski definition) is 0. The van der Waals surface area contributed by atoms with Crippen molar-refractivity contribution in [3.8, 4) is 0 Å². The molecule has 0 aromatic carbocycles. The molecule has 0 aromatic heterocycles. The predicted molar refractivity (Wildman–Crippen MR) is 40.1 cm³/mol. The van der Waals surface area contributed by atoms with Gasteiger partial charge in [0.2, 0.25) is 0 Å². The average Bonchev–Trinajstić information content (AvgIpc) is 2.63. The number of fused-ring (bicyclic) bond motifs is 1. The van der Waals surface area contributed by atoms with Crippen molar-refractivity contribution in [2.45, 2.75) is 31.5 Å². The molecule has 2 saturated carbocycles. The molecule has 3 aliphatic rings. The van der Waals surface area contributed by atoms with E-state index in [0.29, 0.717) is 0 Å². The maximum absolute atomic E-state index is 5.66. The van der Waals surface area contributed by atoms with Crippen LogP contribution in [0.25, 0.3) is 0 Å². The minimum absolute atomic E-state index is 0.113. The Morgan fingerprint density at radius 1 is 1.09 bits per heavy atom. The zero-order chi connectivity index (χ0) is 7.31. The molecule has 0 aromatic rings. The summed E-state index contributed by atoms with van der Waals surface area (Å²) in [5.41, 5.74) is 0. The Kier molecular flexibility index (Phi) is 1.16. The lowest BCUT2D eigenvalue weighted by Gasteiger charge is -2.30. The van der Waals surface area contributed by atoms with E-state index in [1.807, 2.05) is 0 Å². The van der Waals surface area contributed by atoms with Gasteiger partial charge in [-0.15, -0.1) is 0 Å². The minimum Gasteiger partial charge on any atom is -0.348 e. The fourth-order valence-corrected chi connectivity index (χ4v) is 2.58. The monoisotopic (exact) mass is 154 g/mol. The maximum Gasteiger partial charge on any atom is 0.168 e. The van der Waals surface area contributed by atoms with Gasteiger partial charge in [-0.2, -0.15) is 0 Å². The fraction of sp³-hybridized carbons (Fsp3) is 1.00. The molecule has 1 heterocycles. The van der Waals surface area contributed by atoms with Crippen LogP contribution in [0.2, 0.25) is 0 Å². The highest BCUT2D eigenvalue weighted by molar-refractivity contribution is 4.97. The van der Waals surface area contributed by atoms with E-state index in [1.165, 1.54) is 19.3 Å². The van der Waals surface area contributed by atoms with E-state index in [9.17, 15) is 0 Å². The van der Waals surface area contributed by atoms with E-state index in [1.54, 1.807) is 0 Å². The number of ether oxygens (including phenoxy) is 2. The van der Waals surface area contributed by atoms with Crippen molar-refractivity contribution >= 4 is 0 Å². The fourth-order valence-electron chi connectivity index (χ4n) is 2.58. The van der Waals surface area contributed by atoms with E-state index in [2.05, 4.69) is 0 Å². The van der Waals surface area contributed by atoms with Gasteiger partial charge in [0.25, 0.3) is 0 Å². The second-order valence-electron chi connectivity index (χ2n) is 4.11. The maximum atomic E-state index is 5.66. The molecule has 2 atom stereocenters. The van der Waals surface area contributed by atoms with Gasteiger partial charge >= 0.3 is 0 Å². The van der Waals surface area contributed by atoms with Gasteiger partial charge in [-0.3, -0.25) is 0 Å². The first-order valence-corrected chi connectivity index (χ1v) is 4.66. The smallest absolute Gasteiger partial charge is 0.168 e. The Balaban J connectivity index is 1.76. The number of rotatable bonds is 0. The lowest BCUT2D eigenvalue weighted by Crippen LogP contribution is -2.33. The van der Waals surface area contributed by atoms with E-state index >= 15 is 0 Å². The van der Waals surface area contributed by atoms with Gasteiger partial charge in [0.15, 0.2) is 5.79 Å². The summed E-state index contributed by atoms with van der Waals surface area (Å²) in [6.07, 6.45) is 5.10. The topological polar surface area (TPSA) is 18.5 Å². The third-order valence-electron chi connectivity index (χ3n) is 3.35. The van der Waals surface area contributed by atoms with Crippen molar-refractivity contribution in [1.29, 1.82) is 0 Å². The Bertz CT molecular complexity index is 172.